The number of anilines is 1. The van der Waals surface area contributed by atoms with Gasteiger partial charge in [-0.1, -0.05) is 33.1 Å². The first-order valence-electron chi connectivity index (χ1n) is 9.01. The summed E-state index contributed by atoms with van der Waals surface area (Å²) in [6.07, 6.45) is 6.43. The van der Waals surface area contributed by atoms with Crippen LogP contribution in [0.1, 0.15) is 65.4 Å². The van der Waals surface area contributed by atoms with E-state index < -0.39 is 5.60 Å². The number of hydrogen-bond acceptors (Lipinski definition) is 4. The lowest BCUT2D eigenvalue weighted by Crippen LogP contribution is -2.43. The summed E-state index contributed by atoms with van der Waals surface area (Å²) in [6, 6.07) is 1.88. The van der Waals surface area contributed by atoms with E-state index >= 15 is 0 Å². The summed E-state index contributed by atoms with van der Waals surface area (Å²) in [7, 11) is 0. The van der Waals surface area contributed by atoms with Crippen molar-refractivity contribution in [1.82, 2.24) is 4.98 Å². The van der Waals surface area contributed by atoms with Crippen LogP contribution in [0.2, 0.25) is 0 Å². The molecule has 5 nitrogen and oxygen atoms in total. The highest BCUT2D eigenvalue weighted by atomic mass is 16.5. The lowest BCUT2D eigenvalue weighted by Gasteiger charge is -2.28. The van der Waals surface area contributed by atoms with E-state index in [2.05, 4.69) is 17.2 Å². The molecule has 0 saturated heterocycles. The molecule has 0 aliphatic heterocycles. The molecule has 5 heteroatoms. The Morgan fingerprint density at radius 2 is 2.00 bits per heavy atom. The number of hydrogen-bond donors (Lipinski definition) is 1. The fourth-order valence-corrected chi connectivity index (χ4v) is 2.47. The van der Waals surface area contributed by atoms with Crippen molar-refractivity contribution in [3.8, 4) is 5.88 Å². The van der Waals surface area contributed by atoms with E-state index in [0.29, 0.717) is 24.8 Å². The number of carbonyl (C=O) groups is 1. The van der Waals surface area contributed by atoms with Crippen molar-refractivity contribution in [1.29, 1.82) is 0 Å². The highest BCUT2D eigenvalue weighted by molar-refractivity contribution is 5.97. The van der Waals surface area contributed by atoms with E-state index in [0.717, 1.165) is 37.7 Å². The normalized spacial score (nSPS) is 13.4. The van der Waals surface area contributed by atoms with E-state index in [-0.39, 0.29) is 5.91 Å². The monoisotopic (exact) mass is 336 g/mol. The number of nitrogens with one attached hydrogen (secondary N) is 1. The molecule has 0 aromatic carbocycles. The molecule has 0 fully saturated rings. The Balaban J connectivity index is 2.80. The lowest BCUT2D eigenvalue weighted by atomic mass is 9.96. The van der Waals surface area contributed by atoms with Gasteiger partial charge < -0.3 is 14.8 Å². The summed E-state index contributed by atoms with van der Waals surface area (Å²) >= 11 is 0. The topological polar surface area (TPSA) is 60.5 Å². The molecule has 136 valence electrons. The van der Waals surface area contributed by atoms with Gasteiger partial charge in [-0.05, 0) is 39.7 Å². The maximum absolute atomic E-state index is 12.8. The third-order valence-corrected chi connectivity index (χ3v) is 3.93. The number of nitrogens with zero attached hydrogens (tertiary/aromatic N) is 1. The molecule has 0 bridgehead atoms. The van der Waals surface area contributed by atoms with Crippen molar-refractivity contribution in [2.45, 2.75) is 72.3 Å². The van der Waals surface area contributed by atoms with Crippen LogP contribution in [-0.2, 0) is 9.53 Å². The second kappa shape index (κ2) is 10.3. The number of carbonyl (C=O) groups excluding carboxylic acids is 1. The maximum atomic E-state index is 12.8. The highest BCUT2D eigenvalue weighted by Crippen LogP contribution is 2.24. The predicted molar refractivity (Wildman–Crippen MR) is 97.6 cm³/mol. The van der Waals surface area contributed by atoms with Crippen molar-refractivity contribution in [2.24, 2.45) is 0 Å². The molecule has 1 unspecified atom stereocenters. The zero-order chi connectivity index (χ0) is 18.0. The predicted octanol–water partition coefficient (Wildman–Crippen LogP) is 4.49. The Morgan fingerprint density at radius 1 is 1.25 bits per heavy atom. The third-order valence-electron chi connectivity index (χ3n) is 3.93. The third kappa shape index (κ3) is 6.11. The number of aryl methyl sites for hydroxylation is 1. The maximum Gasteiger partial charge on any atom is 0.256 e. The van der Waals surface area contributed by atoms with Crippen molar-refractivity contribution < 1.29 is 14.3 Å². The summed E-state index contributed by atoms with van der Waals surface area (Å²) in [5.74, 6) is 0.487. The Hall–Kier alpha value is -1.62. The molecule has 1 amide bonds. The molecule has 1 N–H and O–H groups in total. The Labute approximate surface area is 146 Å². The van der Waals surface area contributed by atoms with Gasteiger partial charge >= 0.3 is 0 Å². The number of rotatable bonds is 11. The smallest absolute Gasteiger partial charge is 0.256 e. The minimum Gasteiger partial charge on any atom is -0.478 e. The average Bonchev–Trinajstić information content (AvgIpc) is 2.56. The summed E-state index contributed by atoms with van der Waals surface area (Å²) < 4.78 is 11.3. The number of ether oxygens (including phenoxy) is 2. The van der Waals surface area contributed by atoms with Crippen molar-refractivity contribution in [3.05, 3.63) is 17.8 Å². The van der Waals surface area contributed by atoms with Gasteiger partial charge in [0, 0.05) is 12.2 Å². The standard InChI is InChI=1S/C19H32N2O3/c1-6-9-10-11-19(5,24-12-7-2)18(22)21-16-13-15(4)17(20-14-16)23-8-3/h13-14H,6-12H2,1-5H3,(H,21,22). The molecular weight excluding hydrogens is 304 g/mol. The average molecular weight is 336 g/mol. The van der Waals surface area contributed by atoms with Gasteiger partial charge in [0.1, 0.15) is 5.60 Å². The van der Waals surface area contributed by atoms with Crippen molar-refractivity contribution in [3.63, 3.8) is 0 Å². The van der Waals surface area contributed by atoms with Crippen LogP contribution in [-0.4, -0.2) is 29.7 Å². The number of unbranched alkanes of at least 4 members (excludes halogenated alkanes) is 2. The van der Waals surface area contributed by atoms with Gasteiger partial charge in [0.15, 0.2) is 0 Å². The first kappa shape index (κ1) is 20.4. The van der Waals surface area contributed by atoms with Crippen LogP contribution in [0.4, 0.5) is 5.69 Å². The number of aromatic nitrogens is 1. The largest absolute Gasteiger partial charge is 0.478 e. The van der Waals surface area contributed by atoms with Crippen molar-refractivity contribution in [2.75, 3.05) is 18.5 Å². The molecule has 1 heterocycles. The zero-order valence-electron chi connectivity index (χ0n) is 15.8. The quantitative estimate of drug-likeness (QED) is 0.605. The first-order valence-corrected chi connectivity index (χ1v) is 9.01. The molecule has 0 spiro atoms. The van der Waals surface area contributed by atoms with Crippen LogP contribution >= 0.6 is 0 Å². The van der Waals surface area contributed by atoms with E-state index in [4.69, 9.17) is 9.47 Å². The van der Waals surface area contributed by atoms with Crippen LogP contribution in [0.25, 0.3) is 0 Å². The van der Waals surface area contributed by atoms with E-state index in [1.165, 1.54) is 0 Å². The van der Waals surface area contributed by atoms with Crippen LogP contribution in [0.5, 0.6) is 5.88 Å². The summed E-state index contributed by atoms with van der Waals surface area (Å²) in [4.78, 5) is 17.0. The Kier molecular flexibility index (Phi) is 8.76. The Morgan fingerprint density at radius 3 is 2.58 bits per heavy atom. The summed E-state index contributed by atoms with van der Waals surface area (Å²) in [5.41, 5.74) is 0.761. The summed E-state index contributed by atoms with van der Waals surface area (Å²) in [6.45, 7) is 11.1. The van der Waals surface area contributed by atoms with Gasteiger partial charge in [0.25, 0.3) is 5.91 Å². The second-order valence-corrected chi connectivity index (χ2v) is 6.27. The van der Waals surface area contributed by atoms with Gasteiger partial charge in [-0.15, -0.1) is 0 Å². The van der Waals surface area contributed by atoms with Crippen molar-refractivity contribution >= 4 is 11.6 Å². The lowest BCUT2D eigenvalue weighted by molar-refractivity contribution is -0.140. The molecule has 1 aromatic heterocycles. The minimum absolute atomic E-state index is 0.114. The fraction of sp³-hybridized carbons (Fsp3) is 0.684. The van der Waals surface area contributed by atoms with E-state index in [1.807, 2.05) is 33.8 Å². The van der Waals surface area contributed by atoms with Crippen LogP contribution in [0, 0.1) is 6.92 Å². The SMILES string of the molecule is CCCCCC(C)(OCCC)C(=O)Nc1cnc(OCC)c(C)c1. The van der Waals surface area contributed by atoms with E-state index in [1.54, 1.807) is 6.20 Å². The molecule has 0 saturated carbocycles. The molecule has 0 aliphatic rings. The molecule has 0 aliphatic carbocycles. The molecular formula is C19H32N2O3. The molecule has 1 rings (SSSR count). The van der Waals surface area contributed by atoms with Gasteiger partial charge in [0.2, 0.25) is 5.88 Å². The van der Waals surface area contributed by atoms with Gasteiger partial charge in [-0.3, -0.25) is 4.79 Å². The minimum atomic E-state index is -0.808. The van der Waals surface area contributed by atoms with Gasteiger partial charge in [0.05, 0.1) is 18.5 Å². The number of amides is 1. The molecule has 0 radical (unpaired) electrons. The number of pyridine rings is 1. The van der Waals surface area contributed by atoms with Crippen LogP contribution in [0.3, 0.4) is 0 Å². The van der Waals surface area contributed by atoms with Gasteiger partial charge in [-0.2, -0.15) is 0 Å². The molecule has 1 aromatic rings. The van der Waals surface area contributed by atoms with Gasteiger partial charge in [-0.25, -0.2) is 4.98 Å². The zero-order valence-corrected chi connectivity index (χ0v) is 15.8. The first-order chi connectivity index (χ1) is 11.5. The summed E-state index contributed by atoms with van der Waals surface area (Å²) in [5, 5.41) is 2.95. The fourth-order valence-electron chi connectivity index (χ4n) is 2.47. The second-order valence-electron chi connectivity index (χ2n) is 6.27. The Bertz CT molecular complexity index is 519. The van der Waals surface area contributed by atoms with E-state index in [9.17, 15) is 4.79 Å². The molecule has 1 atom stereocenters. The van der Waals surface area contributed by atoms with Crippen LogP contribution in [0.15, 0.2) is 12.3 Å². The highest BCUT2D eigenvalue weighted by Gasteiger charge is 2.33. The molecule has 24 heavy (non-hydrogen) atoms. The van der Waals surface area contributed by atoms with Crippen LogP contribution < -0.4 is 10.1 Å².